The maximum absolute atomic E-state index is 5.63. The van der Waals surface area contributed by atoms with Gasteiger partial charge in [-0.3, -0.25) is 0 Å². The van der Waals surface area contributed by atoms with Gasteiger partial charge < -0.3 is 0 Å². The van der Waals surface area contributed by atoms with Crippen LogP contribution in [0.2, 0.25) is 6.04 Å². The number of halogens is 2. The molecule has 0 aliphatic rings. The fourth-order valence-corrected chi connectivity index (χ4v) is 2.13. The van der Waals surface area contributed by atoms with E-state index in [0.717, 1.165) is 12.0 Å². The molecule has 3 heteroatoms. The van der Waals surface area contributed by atoms with Crippen molar-refractivity contribution in [1.82, 2.24) is 0 Å². The Morgan fingerprint density at radius 3 is 2.00 bits per heavy atom. The maximum Gasteiger partial charge on any atom is 0.237 e. The van der Waals surface area contributed by atoms with Gasteiger partial charge in [-0.05, 0) is 12.0 Å². The van der Waals surface area contributed by atoms with Crippen LogP contribution in [0.5, 0.6) is 0 Å². The zero-order chi connectivity index (χ0) is 6.57. The summed E-state index contributed by atoms with van der Waals surface area (Å²) in [6.45, 7) is 4.37. The van der Waals surface area contributed by atoms with Crippen molar-refractivity contribution in [2.75, 3.05) is 0 Å². The molecule has 0 heterocycles. The number of rotatable bonds is 3. The largest absolute Gasteiger partial charge is 0.237 e. The molecule has 0 aromatic rings. The molecule has 0 aromatic carbocycles. The summed E-state index contributed by atoms with van der Waals surface area (Å²) >= 11 is 11.3. The summed E-state index contributed by atoms with van der Waals surface area (Å²) in [5.41, 5.74) is 0. The minimum absolute atomic E-state index is 0.752. The molecular weight excluding hydrogens is 159 g/mol. The van der Waals surface area contributed by atoms with E-state index < -0.39 is 7.42 Å². The average molecular weight is 171 g/mol. The second-order valence-electron chi connectivity index (χ2n) is 2.36. The first kappa shape index (κ1) is 8.80. The highest BCUT2D eigenvalue weighted by Crippen LogP contribution is 2.11. The molecular formula is C5H12Cl2Si. The van der Waals surface area contributed by atoms with Crippen LogP contribution < -0.4 is 0 Å². The Hall–Kier alpha value is 0.797. The SMILES string of the molecule is CC(C)CC[SiH](Cl)Cl. The topological polar surface area (TPSA) is 0 Å². The van der Waals surface area contributed by atoms with Crippen LogP contribution in [-0.4, -0.2) is 7.42 Å². The Labute approximate surface area is 62.2 Å². The highest BCUT2D eigenvalue weighted by molar-refractivity contribution is 7.33. The Balaban J connectivity index is 2.93. The summed E-state index contributed by atoms with van der Waals surface area (Å²) in [6.07, 6.45) is 1.18. The second kappa shape index (κ2) is 4.65. The third-order valence-corrected chi connectivity index (χ3v) is 3.04. The van der Waals surface area contributed by atoms with Crippen molar-refractivity contribution in [3.05, 3.63) is 0 Å². The quantitative estimate of drug-likeness (QED) is 0.452. The summed E-state index contributed by atoms with van der Waals surface area (Å²) in [6, 6.07) is 1.06. The monoisotopic (exact) mass is 170 g/mol. The van der Waals surface area contributed by atoms with E-state index in [1.165, 1.54) is 6.42 Å². The van der Waals surface area contributed by atoms with Gasteiger partial charge in [0.25, 0.3) is 0 Å². The molecule has 0 aliphatic heterocycles. The molecule has 50 valence electrons. The molecule has 0 aromatic heterocycles. The van der Waals surface area contributed by atoms with Crippen molar-refractivity contribution in [2.45, 2.75) is 26.3 Å². The molecule has 0 fully saturated rings. The summed E-state index contributed by atoms with van der Waals surface area (Å²) in [5, 5.41) is 0. The molecule has 0 saturated heterocycles. The van der Waals surface area contributed by atoms with Crippen molar-refractivity contribution in [1.29, 1.82) is 0 Å². The van der Waals surface area contributed by atoms with Crippen LogP contribution in [0.15, 0.2) is 0 Å². The summed E-state index contributed by atoms with van der Waals surface area (Å²) in [7, 11) is -1.28. The van der Waals surface area contributed by atoms with Gasteiger partial charge in [0.15, 0.2) is 0 Å². The number of hydrogen-bond acceptors (Lipinski definition) is 0. The minimum atomic E-state index is -1.28. The fraction of sp³-hybridized carbons (Fsp3) is 1.00. The molecule has 0 amide bonds. The van der Waals surface area contributed by atoms with Gasteiger partial charge in [0.2, 0.25) is 7.42 Å². The van der Waals surface area contributed by atoms with Crippen LogP contribution in [0.25, 0.3) is 0 Å². The molecule has 0 radical (unpaired) electrons. The summed E-state index contributed by atoms with van der Waals surface area (Å²) in [4.78, 5) is 0. The first-order valence-corrected chi connectivity index (χ1v) is 7.22. The van der Waals surface area contributed by atoms with Crippen LogP contribution in [0.4, 0.5) is 0 Å². The van der Waals surface area contributed by atoms with Gasteiger partial charge >= 0.3 is 0 Å². The van der Waals surface area contributed by atoms with E-state index in [4.69, 9.17) is 22.2 Å². The van der Waals surface area contributed by atoms with Crippen molar-refractivity contribution < 1.29 is 0 Å². The maximum atomic E-state index is 5.63. The van der Waals surface area contributed by atoms with Crippen molar-refractivity contribution >= 4 is 29.6 Å². The van der Waals surface area contributed by atoms with Crippen LogP contribution in [0.1, 0.15) is 20.3 Å². The van der Waals surface area contributed by atoms with E-state index in [2.05, 4.69) is 13.8 Å². The normalized spacial score (nSPS) is 11.2. The number of hydrogen-bond donors (Lipinski definition) is 0. The predicted octanol–water partition coefficient (Wildman–Crippen LogP) is 2.73. The van der Waals surface area contributed by atoms with Crippen molar-refractivity contribution in [2.24, 2.45) is 5.92 Å². The van der Waals surface area contributed by atoms with Gasteiger partial charge in [0, 0.05) is 0 Å². The zero-order valence-corrected chi connectivity index (χ0v) is 7.99. The molecule has 0 saturated carbocycles. The molecule has 0 bridgehead atoms. The lowest BCUT2D eigenvalue weighted by molar-refractivity contribution is 0.624. The van der Waals surface area contributed by atoms with E-state index in [0.29, 0.717) is 0 Å². The van der Waals surface area contributed by atoms with Gasteiger partial charge in [-0.15, -0.1) is 0 Å². The van der Waals surface area contributed by atoms with Crippen LogP contribution in [0, 0.1) is 5.92 Å². The molecule has 0 spiro atoms. The standard InChI is InChI=1S/C5H12Cl2Si/c1-5(2)3-4-8(6)7/h5,8H,3-4H2,1-2H3. The molecule has 0 unspecified atom stereocenters. The van der Waals surface area contributed by atoms with Crippen molar-refractivity contribution in [3.8, 4) is 0 Å². The van der Waals surface area contributed by atoms with Gasteiger partial charge in [0.05, 0.1) is 0 Å². The van der Waals surface area contributed by atoms with E-state index >= 15 is 0 Å². The Morgan fingerprint density at radius 1 is 1.38 bits per heavy atom. The molecule has 0 nitrogen and oxygen atoms in total. The van der Waals surface area contributed by atoms with Gasteiger partial charge in [-0.2, -0.15) is 22.2 Å². The third-order valence-electron chi connectivity index (χ3n) is 0.962. The summed E-state index contributed by atoms with van der Waals surface area (Å²) < 4.78 is 0. The smallest absolute Gasteiger partial charge is 0.150 e. The first-order chi connectivity index (χ1) is 3.63. The van der Waals surface area contributed by atoms with E-state index in [-0.39, 0.29) is 0 Å². The average Bonchev–Trinajstić information content (AvgIpc) is 1.61. The Morgan fingerprint density at radius 2 is 1.88 bits per heavy atom. The molecule has 0 atom stereocenters. The molecule has 0 rings (SSSR count). The lowest BCUT2D eigenvalue weighted by atomic mass is 10.2. The Bertz CT molecular complexity index is 46.4. The van der Waals surface area contributed by atoms with Gasteiger partial charge in [0.1, 0.15) is 0 Å². The van der Waals surface area contributed by atoms with Crippen LogP contribution >= 0.6 is 22.2 Å². The van der Waals surface area contributed by atoms with Gasteiger partial charge in [-0.1, -0.05) is 20.3 Å². The molecule has 8 heavy (non-hydrogen) atoms. The van der Waals surface area contributed by atoms with E-state index in [1.54, 1.807) is 0 Å². The minimum Gasteiger partial charge on any atom is -0.150 e. The zero-order valence-electron chi connectivity index (χ0n) is 5.32. The lowest BCUT2D eigenvalue weighted by Gasteiger charge is -2.01. The fourth-order valence-electron chi connectivity index (χ4n) is 0.459. The molecule has 0 aliphatic carbocycles. The molecule has 0 N–H and O–H groups in total. The van der Waals surface area contributed by atoms with Gasteiger partial charge in [-0.25, -0.2) is 0 Å². The lowest BCUT2D eigenvalue weighted by Crippen LogP contribution is -1.95. The van der Waals surface area contributed by atoms with E-state index in [9.17, 15) is 0 Å². The predicted molar refractivity (Wildman–Crippen MR) is 43.1 cm³/mol. The second-order valence-corrected chi connectivity index (χ2v) is 7.55. The highest BCUT2D eigenvalue weighted by atomic mass is 35.7. The van der Waals surface area contributed by atoms with E-state index in [1.807, 2.05) is 0 Å². The first-order valence-electron chi connectivity index (χ1n) is 2.91. The Kier molecular flexibility index (Phi) is 5.12. The van der Waals surface area contributed by atoms with Crippen LogP contribution in [-0.2, 0) is 0 Å². The van der Waals surface area contributed by atoms with Crippen molar-refractivity contribution in [3.63, 3.8) is 0 Å². The third kappa shape index (κ3) is 6.80. The van der Waals surface area contributed by atoms with Crippen LogP contribution in [0.3, 0.4) is 0 Å². The summed E-state index contributed by atoms with van der Waals surface area (Å²) in [5.74, 6) is 0.752. The highest BCUT2D eigenvalue weighted by Gasteiger charge is 2.02.